The number of hydrogen-bond acceptors (Lipinski definition) is 2. The minimum absolute atomic E-state index is 0.0246. The monoisotopic (exact) mass is 389 g/mol. The molecular weight excluding hydrogens is 373 g/mol. The number of rotatable bonds is 6. The Morgan fingerprint density at radius 3 is 2.67 bits per heavy atom. The summed E-state index contributed by atoms with van der Waals surface area (Å²) in [5.74, 6) is 0. The molecule has 0 aliphatic heterocycles. The van der Waals surface area contributed by atoms with E-state index in [1.807, 2.05) is 29.1 Å². The average molecular weight is 391 g/mol. The Kier molecular flexibility index (Phi) is 6.11. The summed E-state index contributed by atoms with van der Waals surface area (Å²) in [7, 11) is 0. The summed E-state index contributed by atoms with van der Waals surface area (Å²) in [5.41, 5.74) is 2.18. The van der Waals surface area contributed by atoms with Gasteiger partial charge in [-0.1, -0.05) is 36.2 Å². The standard InChI is InChI=1S/C15H18BrCl2N3/c1-3-7-19-14(10-5-6-12(17)13(18)8-10)15-11(16)9-20-21(15)4-2/h5-6,8-9,14,19H,3-4,7H2,1-2H3. The van der Waals surface area contributed by atoms with Crippen molar-refractivity contribution in [2.24, 2.45) is 0 Å². The Hall–Kier alpha value is -0.550. The molecule has 0 radical (unpaired) electrons. The Balaban J connectivity index is 2.46. The summed E-state index contributed by atoms with van der Waals surface area (Å²) in [4.78, 5) is 0. The normalized spacial score (nSPS) is 12.6. The summed E-state index contributed by atoms with van der Waals surface area (Å²) in [6.45, 7) is 5.94. The summed E-state index contributed by atoms with van der Waals surface area (Å²) >= 11 is 15.8. The van der Waals surface area contributed by atoms with Gasteiger partial charge in [-0.15, -0.1) is 0 Å². The second-order valence-corrected chi connectivity index (χ2v) is 6.42. The van der Waals surface area contributed by atoms with Gasteiger partial charge in [-0.3, -0.25) is 4.68 Å². The highest BCUT2D eigenvalue weighted by molar-refractivity contribution is 9.10. The molecule has 0 bridgehead atoms. The van der Waals surface area contributed by atoms with Gasteiger partial charge in [-0.2, -0.15) is 5.10 Å². The van der Waals surface area contributed by atoms with Crippen LogP contribution in [0, 0.1) is 0 Å². The molecule has 3 nitrogen and oxygen atoms in total. The minimum atomic E-state index is 0.0246. The van der Waals surface area contributed by atoms with Crippen LogP contribution in [0.1, 0.15) is 37.6 Å². The van der Waals surface area contributed by atoms with Crippen LogP contribution in [0.15, 0.2) is 28.9 Å². The molecule has 6 heteroatoms. The van der Waals surface area contributed by atoms with Crippen LogP contribution < -0.4 is 5.32 Å². The third-order valence-corrected chi connectivity index (χ3v) is 4.63. The summed E-state index contributed by atoms with van der Waals surface area (Å²) in [6, 6.07) is 5.77. The van der Waals surface area contributed by atoms with E-state index >= 15 is 0 Å². The molecule has 1 aromatic carbocycles. The smallest absolute Gasteiger partial charge is 0.0760 e. The molecule has 2 rings (SSSR count). The molecular formula is C15H18BrCl2N3. The number of aryl methyl sites for hydroxylation is 1. The molecule has 1 N–H and O–H groups in total. The van der Waals surface area contributed by atoms with Gasteiger partial charge in [0.05, 0.1) is 32.5 Å². The molecule has 0 saturated carbocycles. The number of nitrogens with zero attached hydrogens (tertiary/aromatic N) is 2. The fourth-order valence-electron chi connectivity index (χ4n) is 2.26. The van der Waals surface area contributed by atoms with E-state index < -0.39 is 0 Å². The Morgan fingerprint density at radius 2 is 2.05 bits per heavy atom. The Bertz CT molecular complexity index is 613. The second-order valence-electron chi connectivity index (χ2n) is 4.75. The van der Waals surface area contributed by atoms with Crippen molar-refractivity contribution in [2.75, 3.05) is 6.54 Å². The van der Waals surface area contributed by atoms with Crippen LogP contribution in [0.5, 0.6) is 0 Å². The molecule has 1 atom stereocenters. The first-order valence-corrected chi connectivity index (χ1v) is 8.52. The van der Waals surface area contributed by atoms with Crippen molar-refractivity contribution in [3.63, 3.8) is 0 Å². The third-order valence-electron chi connectivity index (χ3n) is 3.28. The number of nitrogens with one attached hydrogen (secondary N) is 1. The van der Waals surface area contributed by atoms with E-state index in [9.17, 15) is 0 Å². The van der Waals surface area contributed by atoms with Crippen LogP contribution in [-0.4, -0.2) is 16.3 Å². The third kappa shape index (κ3) is 3.81. The molecule has 1 aromatic heterocycles. The second kappa shape index (κ2) is 7.63. The van der Waals surface area contributed by atoms with Gasteiger partial charge in [-0.25, -0.2) is 0 Å². The molecule has 0 aliphatic rings. The van der Waals surface area contributed by atoms with Gasteiger partial charge in [0.1, 0.15) is 0 Å². The number of hydrogen-bond donors (Lipinski definition) is 1. The molecule has 0 spiro atoms. The van der Waals surface area contributed by atoms with E-state index in [0.717, 1.165) is 35.2 Å². The zero-order valence-electron chi connectivity index (χ0n) is 12.0. The maximum Gasteiger partial charge on any atom is 0.0760 e. The summed E-state index contributed by atoms with van der Waals surface area (Å²) in [6.07, 6.45) is 2.88. The molecule has 0 saturated heterocycles. The highest BCUT2D eigenvalue weighted by Crippen LogP contribution is 2.32. The maximum absolute atomic E-state index is 6.17. The van der Waals surface area contributed by atoms with Gasteiger partial charge < -0.3 is 5.32 Å². The number of benzene rings is 1. The van der Waals surface area contributed by atoms with Crippen LogP contribution in [0.4, 0.5) is 0 Å². The van der Waals surface area contributed by atoms with Crippen molar-refractivity contribution in [1.82, 2.24) is 15.1 Å². The van der Waals surface area contributed by atoms with E-state index in [1.165, 1.54) is 0 Å². The van der Waals surface area contributed by atoms with Crippen LogP contribution in [-0.2, 0) is 6.54 Å². The SMILES string of the molecule is CCCNC(c1ccc(Cl)c(Cl)c1)c1c(Br)cnn1CC. The lowest BCUT2D eigenvalue weighted by Gasteiger charge is -2.21. The quantitative estimate of drug-likeness (QED) is 0.746. The number of halogens is 3. The summed E-state index contributed by atoms with van der Waals surface area (Å²) < 4.78 is 2.98. The van der Waals surface area contributed by atoms with E-state index in [1.54, 1.807) is 0 Å². The predicted molar refractivity (Wildman–Crippen MR) is 92.2 cm³/mol. The first kappa shape index (κ1) is 16.8. The van der Waals surface area contributed by atoms with E-state index in [0.29, 0.717) is 10.0 Å². The van der Waals surface area contributed by atoms with Gasteiger partial charge in [0.25, 0.3) is 0 Å². The number of aromatic nitrogens is 2. The first-order chi connectivity index (χ1) is 10.1. The lowest BCUT2D eigenvalue weighted by atomic mass is 10.0. The zero-order chi connectivity index (χ0) is 15.4. The highest BCUT2D eigenvalue weighted by atomic mass is 79.9. The largest absolute Gasteiger partial charge is 0.305 e. The molecule has 1 unspecified atom stereocenters. The maximum atomic E-state index is 6.17. The average Bonchev–Trinajstić information content (AvgIpc) is 2.84. The molecule has 1 heterocycles. The van der Waals surface area contributed by atoms with Crippen LogP contribution in [0.3, 0.4) is 0 Å². The molecule has 2 aromatic rings. The fraction of sp³-hybridized carbons (Fsp3) is 0.400. The van der Waals surface area contributed by atoms with Crippen LogP contribution >= 0.6 is 39.1 Å². The van der Waals surface area contributed by atoms with Gasteiger partial charge in [0.2, 0.25) is 0 Å². The van der Waals surface area contributed by atoms with Crippen LogP contribution in [0.2, 0.25) is 10.0 Å². The Labute approximate surface area is 143 Å². The Morgan fingerprint density at radius 1 is 1.29 bits per heavy atom. The molecule has 0 amide bonds. The summed E-state index contributed by atoms with van der Waals surface area (Å²) in [5, 5.41) is 9.09. The van der Waals surface area contributed by atoms with Crippen molar-refractivity contribution in [3.05, 3.63) is 50.2 Å². The molecule has 0 fully saturated rings. The van der Waals surface area contributed by atoms with E-state index in [-0.39, 0.29) is 6.04 Å². The van der Waals surface area contributed by atoms with Gasteiger partial charge in [-0.05, 0) is 53.5 Å². The van der Waals surface area contributed by atoms with Crippen molar-refractivity contribution < 1.29 is 0 Å². The molecule has 114 valence electrons. The molecule has 0 aliphatic carbocycles. The lowest BCUT2D eigenvalue weighted by Crippen LogP contribution is -2.26. The van der Waals surface area contributed by atoms with Crippen molar-refractivity contribution >= 4 is 39.1 Å². The molecule has 21 heavy (non-hydrogen) atoms. The van der Waals surface area contributed by atoms with Crippen LogP contribution in [0.25, 0.3) is 0 Å². The van der Waals surface area contributed by atoms with Gasteiger partial charge in [0, 0.05) is 6.54 Å². The topological polar surface area (TPSA) is 29.9 Å². The van der Waals surface area contributed by atoms with Crippen molar-refractivity contribution in [2.45, 2.75) is 32.9 Å². The zero-order valence-corrected chi connectivity index (χ0v) is 15.1. The van der Waals surface area contributed by atoms with Gasteiger partial charge >= 0.3 is 0 Å². The van der Waals surface area contributed by atoms with E-state index in [4.69, 9.17) is 23.2 Å². The van der Waals surface area contributed by atoms with E-state index in [2.05, 4.69) is 40.2 Å². The minimum Gasteiger partial charge on any atom is -0.305 e. The fourth-order valence-corrected chi connectivity index (χ4v) is 3.10. The van der Waals surface area contributed by atoms with Crippen molar-refractivity contribution in [3.8, 4) is 0 Å². The van der Waals surface area contributed by atoms with Gasteiger partial charge in [0.15, 0.2) is 0 Å². The first-order valence-electron chi connectivity index (χ1n) is 6.98. The highest BCUT2D eigenvalue weighted by Gasteiger charge is 2.21. The predicted octanol–water partition coefficient (Wildman–Crippen LogP) is 5.06. The van der Waals surface area contributed by atoms with Crippen molar-refractivity contribution in [1.29, 1.82) is 0 Å². The lowest BCUT2D eigenvalue weighted by molar-refractivity contribution is 0.528.